The fraction of sp³-hybridized carbons (Fsp3) is 0. The van der Waals surface area contributed by atoms with Crippen molar-refractivity contribution < 1.29 is 0 Å². The Morgan fingerprint density at radius 2 is 1.58 bits per heavy atom. The molecular formula is C6H4ClN5. The molecule has 0 unspecified atom stereocenters. The van der Waals surface area contributed by atoms with Crippen LogP contribution in [0.2, 0.25) is 5.02 Å². The van der Waals surface area contributed by atoms with Crippen molar-refractivity contribution in [3.05, 3.63) is 29.3 Å². The highest BCUT2D eigenvalue weighted by molar-refractivity contribution is 6.30. The lowest BCUT2D eigenvalue weighted by atomic mass is 10.3. The minimum atomic E-state index is 0.673. The van der Waals surface area contributed by atoms with E-state index < -0.39 is 0 Å². The molecule has 0 radical (unpaired) electrons. The molecule has 0 saturated heterocycles. The van der Waals surface area contributed by atoms with Crippen LogP contribution in [-0.2, 0) is 0 Å². The molecule has 0 N–H and O–H groups in total. The summed E-state index contributed by atoms with van der Waals surface area (Å²) in [6.07, 6.45) is 0. The third-order valence-electron chi connectivity index (χ3n) is 1.35. The molecule has 0 fully saturated rings. The highest BCUT2D eigenvalue weighted by Gasteiger charge is 1.97. The van der Waals surface area contributed by atoms with Crippen LogP contribution in [-0.4, -0.2) is 25.7 Å². The molecule has 0 aliphatic heterocycles. The fourth-order valence-corrected chi connectivity index (χ4v) is 0.933. The van der Waals surface area contributed by atoms with Crippen LogP contribution in [0.1, 0.15) is 0 Å². The molecule has 0 amide bonds. The normalized spacial score (nSPS) is 10.1. The average molecular weight is 182 g/mol. The largest absolute Gasteiger partial charge is 0.111 e. The van der Waals surface area contributed by atoms with E-state index in [0.29, 0.717) is 5.02 Å². The van der Waals surface area contributed by atoms with Gasteiger partial charge in [0.05, 0.1) is 5.69 Å². The van der Waals surface area contributed by atoms with E-state index in [1.54, 1.807) is 24.3 Å². The van der Waals surface area contributed by atoms with Gasteiger partial charge in [0.25, 0.3) is 0 Å². The third kappa shape index (κ3) is 1.26. The van der Waals surface area contributed by atoms with Gasteiger partial charge in [0.1, 0.15) is 0 Å². The second kappa shape index (κ2) is 2.86. The lowest BCUT2D eigenvalue weighted by molar-refractivity contribution is 0.712. The predicted octanol–water partition coefficient (Wildman–Crippen LogP) is 0.711. The standard InChI is InChI=1S/C6H4ClN5/c7-5-1-3-6(4-2-5)12-10-8-9-11-12/h1-4H. The van der Waals surface area contributed by atoms with Crippen LogP contribution < -0.4 is 0 Å². The molecule has 6 heteroatoms. The minimum Gasteiger partial charge on any atom is -0.111 e. The lowest BCUT2D eigenvalue weighted by Gasteiger charge is -1.95. The van der Waals surface area contributed by atoms with E-state index in [2.05, 4.69) is 20.9 Å². The van der Waals surface area contributed by atoms with Crippen LogP contribution in [0.25, 0.3) is 5.69 Å². The van der Waals surface area contributed by atoms with Crippen LogP contribution in [0.3, 0.4) is 0 Å². The number of benzene rings is 1. The summed E-state index contributed by atoms with van der Waals surface area (Å²) in [6, 6.07) is 7.07. The van der Waals surface area contributed by atoms with Crippen LogP contribution in [0.4, 0.5) is 0 Å². The van der Waals surface area contributed by atoms with Crippen molar-refractivity contribution in [2.24, 2.45) is 0 Å². The predicted molar refractivity (Wildman–Crippen MR) is 42.0 cm³/mol. The Morgan fingerprint density at radius 3 is 2.17 bits per heavy atom. The van der Waals surface area contributed by atoms with Crippen molar-refractivity contribution in [3.63, 3.8) is 0 Å². The molecule has 1 heterocycles. The van der Waals surface area contributed by atoms with E-state index in [0.717, 1.165) is 5.69 Å². The Hall–Kier alpha value is -1.49. The van der Waals surface area contributed by atoms with Crippen molar-refractivity contribution in [3.8, 4) is 5.69 Å². The first kappa shape index (κ1) is 7.17. The van der Waals surface area contributed by atoms with Gasteiger partial charge in [0, 0.05) is 5.02 Å². The van der Waals surface area contributed by atoms with Gasteiger partial charge in [-0.15, -0.1) is 4.80 Å². The summed E-state index contributed by atoms with van der Waals surface area (Å²) in [5.41, 5.74) is 0.782. The Balaban J connectivity index is 2.43. The van der Waals surface area contributed by atoms with Gasteiger partial charge in [-0.2, -0.15) is 0 Å². The van der Waals surface area contributed by atoms with E-state index in [4.69, 9.17) is 11.6 Å². The molecule has 60 valence electrons. The summed E-state index contributed by atoms with van der Waals surface area (Å²) in [5, 5.41) is 14.6. The van der Waals surface area contributed by atoms with Crippen LogP contribution in [0, 0.1) is 0 Å². The highest BCUT2D eigenvalue weighted by atomic mass is 35.5. The summed E-state index contributed by atoms with van der Waals surface area (Å²) in [6.45, 7) is 0. The van der Waals surface area contributed by atoms with E-state index in [9.17, 15) is 0 Å². The van der Waals surface area contributed by atoms with Crippen molar-refractivity contribution >= 4 is 11.6 Å². The summed E-state index contributed by atoms with van der Waals surface area (Å²) in [4.78, 5) is 1.32. The molecule has 2 rings (SSSR count). The molecule has 0 aliphatic carbocycles. The molecule has 0 spiro atoms. The summed E-state index contributed by atoms with van der Waals surface area (Å²) in [7, 11) is 0. The molecule has 0 bridgehead atoms. The summed E-state index contributed by atoms with van der Waals surface area (Å²) >= 11 is 5.69. The second-order valence-corrected chi connectivity index (χ2v) is 2.56. The number of halogens is 1. The second-order valence-electron chi connectivity index (χ2n) is 2.12. The Bertz CT molecular complexity index is 354. The maximum Gasteiger partial charge on any atom is 0.0894 e. The number of nitrogens with zero attached hydrogens (tertiary/aromatic N) is 5. The van der Waals surface area contributed by atoms with Gasteiger partial charge in [0.2, 0.25) is 0 Å². The fourth-order valence-electron chi connectivity index (χ4n) is 0.807. The third-order valence-corrected chi connectivity index (χ3v) is 1.60. The summed E-state index contributed by atoms with van der Waals surface area (Å²) in [5.74, 6) is 0. The van der Waals surface area contributed by atoms with E-state index in [-0.39, 0.29) is 0 Å². The Labute approximate surface area is 72.9 Å². The van der Waals surface area contributed by atoms with Crippen molar-refractivity contribution in [2.75, 3.05) is 0 Å². The number of aromatic nitrogens is 5. The molecule has 2 aromatic rings. The molecular weight excluding hydrogens is 178 g/mol. The van der Waals surface area contributed by atoms with Crippen LogP contribution in [0.5, 0.6) is 0 Å². The van der Waals surface area contributed by atoms with Crippen LogP contribution >= 0.6 is 11.6 Å². The molecule has 0 aliphatic rings. The molecule has 1 aromatic carbocycles. The van der Waals surface area contributed by atoms with Crippen molar-refractivity contribution in [1.29, 1.82) is 0 Å². The molecule has 5 nitrogen and oxygen atoms in total. The number of hydrogen-bond donors (Lipinski definition) is 0. The first-order valence-electron chi connectivity index (χ1n) is 3.23. The first-order valence-corrected chi connectivity index (χ1v) is 3.61. The average Bonchev–Trinajstić information content (AvgIpc) is 2.58. The minimum absolute atomic E-state index is 0.673. The maximum atomic E-state index is 5.69. The summed E-state index contributed by atoms with van der Waals surface area (Å²) < 4.78 is 0. The quantitative estimate of drug-likeness (QED) is 0.650. The van der Waals surface area contributed by atoms with Gasteiger partial charge in [-0.1, -0.05) is 11.6 Å². The van der Waals surface area contributed by atoms with Crippen molar-refractivity contribution in [1.82, 2.24) is 25.7 Å². The zero-order chi connectivity index (χ0) is 8.39. The smallest absolute Gasteiger partial charge is 0.0894 e. The topological polar surface area (TPSA) is 56.5 Å². The molecule has 1 aromatic heterocycles. The SMILES string of the molecule is Clc1ccc(-n2nnnn2)cc1. The zero-order valence-corrected chi connectivity index (χ0v) is 6.68. The van der Waals surface area contributed by atoms with Gasteiger partial charge in [0.15, 0.2) is 0 Å². The van der Waals surface area contributed by atoms with E-state index in [1.807, 2.05) is 0 Å². The highest BCUT2D eigenvalue weighted by Crippen LogP contribution is 2.10. The molecule has 0 saturated carbocycles. The van der Waals surface area contributed by atoms with Gasteiger partial charge in [-0.25, -0.2) is 0 Å². The molecule has 12 heavy (non-hydrogen) atoms. The first-order chi connectivity index (χ1) is 5.86. The number of rotatable bonds is 1. The lowest BCUT2D eigenvalue weighted by Crippen LogP contribution is -1.98. The van der Waals surface area contributed by atoms with E-state index >= 15 is 0 Å². The maximum absolute atomic E-state index is 5.69. The van der Waals surface area contributed by atoms with Gasteiger partial charge >= 0.3 is 0 Å². The Kier molecular flexibility index (Phi) is 1.71. The van der Waals surface area contributed by atoms with Gasteiger partial charge < -0.3 is 0 Å². The van der Waals surface area contributed by atoms with Crippen LogP contribution in [0.15, 0.2) is 24.3 Å². The monoisotopic (exact) mass is 181 g/mol. The zero-order valence-electron chi connectivity index (χ0n) is 5.92. The molecule has 0 atom stereocenters. The number of hydrogen-bond acceptors (Lipinski definition) is 4. The van der Waals surface area contributed by atoms with Crippen molar-refractivity contribution in [2.45, 2.75) is 0 Å². The van der Waals surface area contributed by atoms with Gasteiger partial charge in [-0.05, 0) is 45.1 Å². The Morgan fingerprint density at radius 1 is 1.00 bits per heavy atom. The van der Waals surface area contributed by atoms with E-state index in [1.165, 1.54) is 4.80 Å². The van der Waals surface area contributed by atoms with Gasteiger partial charge in [-0.3, -0.25) is 0 Å².